The fourth-order valence-electron chi connectivity index (χ4n) is 3.41. The molecule has 1 N–H and O–H groups in total. The number of rotatable bonds is 7. The van der Waals surface area contributed by atoms with Crippen molar-refractivity contribution in [3.63, 3.8) is 0 Å². The molecule has 0 radical (unpaired) electrons. The molecule has 0 aliphatic carbocycles. The Hall–Kier alpha value is -3.81. The Morgan fingerprint density at radius 2 is 1.59 bits per heavy atom. The van der Waals surface area contributed by atoms with Crippen molar-refractivity contribution in [2.45, 2.75) is 25.9 Å². The molecule has 6 nitrogen and oxygen atoms in total. The molecule has 1 atom stereocenters. The van der Waals surface area contributed by atoms with Gasteiger partial charge in [-0.25, -0.2) is 8.78 Å². The van der Waals surface area contributed by atoms with Gasteiger partial charge in [0.05, 0.1) is 6.04 Å². The van der Waals surface area contributed by atoms with Gasteiger partial charge in [0.2, 0.25) is 5.91 Å². The number of hydrogen-bond donors (Lipinski definition) is 1. The van der Waals surface area contributed by atoms with Crippen LogP contribution >= 0.6 is 0 Å². The number of benzene rings is 2. The lowest BCUT2D eigenvalue weighted by Crippen LogP contribution is -2.37. The van der Waals surface area contributed by atoms with Crippen LogP contribution in [0.25, 0.3) is 0 Å². The van der Waals surface area contributed by atoms with Crippen LogP contribution in [0.15, 0.2) is 71.7 Å². The minimum atomic E-state index is -0.658. The Balaban J connectivity index is 1.76. The Bertz CT molecular complexity index is 1160. The molecular weight excluding hydrogens is 416 g/mol. The van der Waals surface area contributed by atoms with E-state index in [0.29, 0.717) is 12.1 Å². The molecule has 166 valence electrons. The summed E-state index contributed by atoms with van der Waals surface area (Å²) < 4.78 is 27.4. The lowest BCUT2D eigenvalue weighted by Gasteiger charge is -2.28. The van der Waals surface area contributed by atoms with Crippen molar-refractivity contribution in [3.8, 4) is 0 Å². The van der Waals surface area contributed by atoms with Crippen LogP contribution in [0.5, 0.6) is 0 Å². The maximum Gasteiger partial charge on any atom is 0.263 e. The van der Waals surface area contributed by atoms with Crippen LogP contribution in [0.4, 0.5) is 14.5 Å². The fourth-order valence-corrected chi connectivity index (χ4v) is 3.41. The number of carbonyl (C=O) groups is 2. The molecule has 2 amide bonds. The summed E-state index contributed by atoms with van der Waals surface area (Å²) in [7, 11) is 1.62. The molecule has 3 rings (SSSR count). The third-order valence-electron chi connectivity index (χ3n) is 5.17. The van der Waals surface area contributed by atoms with Gasteiger partial charge in [0.1, 0.15) is 23.7 Å². The van der Waals surface area contributed by atoms with Crippen molar-refractivity contribution >= 4 is 17.5 Å². The van der Waals surface area contributed by atoms with Crippen molar-refractivity contribution in [2.24, 2.45) is 0 Å². The summed E-state index contributed by atoms with van der Waals surface area (Å²) in [6, 6.07) is 13.7. The molecule has 0 aliphatic heterocycles. The van der Waals surface area contributed by atoms with E-state index in [9.17, 15) is 23.2 Å². The lowest BCUT2D eigenvalue weighted by atomic mass is 10.0. The van der Waals surface area contributed by atoms with E-state index in [4.69, 9.17) is 0 Å². The SMILES string of the molecule is CC[C@@H](c1ccc(F)cc1)N(C)C(=O)Cn1cccc(C(=O)Nc2ccc(F)cc2)c1=O. The number of pyridine rings is 1. The van der Waals surface area contributed by atoms with Gasteiger partial charge in [-0.15, -0.1) is 0 Å². The Morgan fingerprint density at radius 1 is 1.00 bits per heavy atom. The number of hydrogen-bond acceptors (Lipinski definition) is 3. The average Bonchev–Trinajstić information content (AvgIpc) is 2.78. The highest BCUT2D eigenvalue weighted by atomic mass is 19.1. The first-order valence-corrected chi connectivity index (χ1v) is 10.1. The van der Waals surface area contributed by atoms with Crippen LogP contribution in [-0.4, -0.2) is 28.3 Å². The van der Waals surface area contributed by atoms with Crippen molar-refractivity contribution in [2.75, 3.05) is 12.4 Å². The van der Waals surface area contributed by atoms with Gasteiger partial charge < -0.3 is 14.8 Å². The molecule has 0 spiro atoms. The molecule has 0 unspecified atom stereocenters. The van der Waals surface area contributed by atoms with Gasteiger partial charge in [-0.1, -0.05) is 19.1 Å². The highest BCUT2D eigenvalue weighted by molar-refractivity contribution is 6.04. The summed E-state index contributed by atoms with van der Waals surface area (Å²) in [5, 5.41) is 2.54. The fraction of sp³-hybridized carbons (Fsp3) is 0.208. The summed E-state index contributed by atoms with van der Waals surface area (Å²) in [6.07, 6.45) is 2.03. The number of anilines is 1. The summed E-state index contributed by atoms with van der Waals surface area (Å²) in [4.78, 5) is 39.7. The average molecular weight is 439 g/mol. The smallest absolute Gasteiger partial charge is 0.263 e. The first-order valence-electron chi connectivity index (χ1n) is 10.1. The number of aromatic nitrogens is 1. The topological polar surface area (TPSA) is 71.4 Å². The van der Waals surface area contributed by atoms with Gasteiger partial charge in [-0.2, -0.15) is 0 Å². The van der Waals surface area contributed by atoms with Crippen LogP contribution in [0.2, 0.25) is 0 Å². The summed E-state index contributed by atoms with van der Waals surface area (Å²) in [6.45, 7) is 1.65. The van der Waals surface area contributed by atoms with Gasteiger partial charge in [0, 0.05) is 18.9 Å². The van der Waals surface area contributed by atoms with Gasteiger partial charge in [0.25, 0.3) is 11.5 Å². The predicted molar refractivity (Wildman–Crippen MR) is 117 cm³/mol. The van der Waals surface area contributed by atoms with E-state index in [0.717, 1.165) is 10.1 Å². The Morgan fingerprint density at radius 3 is 2.19 bits per heavy atom. The number of nitrogens with zero attached hydrogens (tertiary/aromatic N) is 2. The summed E-state index contributed by atoms with van der Waals surface area (Å²) >= 11 is 0. The maximum absolute atomic E-state index is 13.2. The first kappa shape index (κ1) is 22.9. The Kier molecular flexibility index (Phi) is 7.14. The highest BCUT2D eigenvalue weighted by Gasteiger charge is 2.21. The maximum atomic E-state index is 13.2. The molecule has 0 aliphatic rings. The lowest BCUT2D eigenvalue weighted by molar-refractivity contribution is -0.132. The van der Waals surface area contributed by atoms with E-state index in [2.05, 4.69) is 5.32 Å². The molecule has 0 saturated heterocycles. The third-order valence-corrected chi connectivity index (χ3v) is 5.17. The van der Waals surface area contributed by atoms with Gasteiger partial charge in [-0.05, 0) is 60.5 Å². The van der Waals surface area contributed by atoms with Gasteiger partial charge >= 0.3 is 0 Å². The molecule has 1 aromatic heterocycles. The van der Waals surface area contributed by atoms with Crippen molar-refractivity contribution in [3.05, 3.63) is 100.0 Å². The van der Waals surface area contributed by atoms with Crippen molar-refractivity contribution in [1.29, 1.82) is 0 Å². The predicted octanol–water partition coefficient (Wildman–Crippen LogP) is 3.99. The second kappa shape index (κ2) is 10.00. The quantitative estimate of drug-likeness (QED) is 0.605. The largest absolute Gasteiger partial charge is 0.337 e. The van der Waals surface area contributed by atoms with Crippen molar-refractivity contribution in [1.82, 2.24) is 9.47 Å². The number of amides is 2. The van der Waals surface area contributed by atoms with Crippen molar-refractivity contribution < 1.29 is 18.4 Å². The normalized spacial score (nSPS) is 11.6. The molecule has 32 heavy (non-hydrogen) atoms. The van der Waals surface area contributed by atoms with Crippen LogP contribution in [0.3, 0.4) is 0 Å². The second-order valence-electron chi connectivity index (χ2n) is 7.30. The molecule has 0 fully saturated rings. The number of halogens is 2. The van der Waals surface area contributed by atoms with Gasteiger partial charge in [-0.3, -0.25) is 14.4 Å². The van der Waals surface area contributed by atoms with Crippen LogP contribution in [-0.2, 0) is 11.3 Å². The molecule has 3 aromatic rings. The second-order valence-corrected chi connectivity index (χ2v) is 7.30. The van der Waals surface area contributed by atoms with E-state index >= 15 is 0 Å². The zero-order chi connectivity index (χ0) is 23.3. The monoisotopic (exact) mass is 439 g/mol. The number of likely N-dealkylation sites (N-methyl/N-ethyl adjacent to an activating group) is 1. The highest BCUT2D eigenvalue weighted by Crippen LogP contribution is 2.23. The Labute approximate surface area is 184 Å². The van der Waals surface area contributed by atoms with Crippen LogP contribution in [0, 0.1) is 11.6 Å². The molecule has 1 heterocycles. The zero-order valence-electron chi connectivity index (χ0n) is 17.7. The summed E-state index contributed by atoms with van der Waals surface area (Å²) in [5.74, 6) is -1.80. The molecule has 2 aromatic carbocycles. The number of nitrogens with one attached hydrogen (secondary N) is 1. The molecule has 8 heteroatoms. The van der Waals surface area contributed by atoms with E-state index in [1.54, 1.807) is 19.2 Å². The van der Waals surface area contributed by atoms with E-state index in [1.807, 2.05) is 6.92 Å². The third kappa shape index (κ3) is 5.26. The minimum absolute atomic E-state index is 0.141. The van der Waals surface area contributed by atoms with E-state index in [1.165, 1.54) is 59.6 Å². The van der Waals surface area contributed by atoms with E-state index < -0.39 is 17.3 Å². The number of carbonyl (C=O) groups excluding carboxylic acids is 2. The van der Waals surface area contributed by atoms with Gasteiger partial charge in [0.15, 0.2) is 0 Å². The minimum Gasteiger partial charge on any atom is -0.337 e. The summed E-state index contributed by atoms with van der Waals surface area (Å²) in [5.41, 5.74) is 0.359. The molecule has 0 bridgehead atoms. The van der Waals surface area contributed by atoms with E-state index in [-0.39, 0.29) is 29.9 Å². The molecule has 0 saturated carbocycles. The zero-order valence-corrected chi connectivity index (χ0v) is 17.7. The first-order chi connectivity index (χ1) is 15.3. The molecular formula is C24H23F2N3O3. The standard InChI is InChI=1S/C24H23F2N3O3/c1-3-21(16-6-8-17(25)9-7-16)28(2)22(30)15-29-14-4-5-20(24(29)32)23(31)27-19-12-10-18(26)11-13-19/h4-14,21H,3,15H2,1-2H3,(H,27,31)/t21-/m0/s1. The van der Waals surface area contributed by atoms with Crippen LogP contribution < -0.4 is 10.9 Å². The van der Waals surface area contributed by atoms with Crippen LogP contribution in [0.1, 0.15) is 35.3 Å².